The van der Waals surface area contributed by atoms with Crippen molar-refractivity contribution in [1.82, 2.24) is 15.0 Å². The normalized spacial score (nSPS) is 29.4. The highest BCUT2D eigenvalue weighted by Gasteiger charge is 2.45. The Balaban J connectivity index is 0.000000409. The van der Waals surface area contributed by atoms with Gasteiger partial charge >= 0.3 is 0 Å². The summed E-state index contributed by atoms with van der Waals surface area (Å²) >= 11 is 0. The molecule has 1 aliphatic carbocycles. The molecule has 3 N–H and O–H groups in total. The van der Waals surface area contributed by atoms with E-state index in [0.29, 0.717) is 17.8 Å². The summed E-state index contributed by atoms with van der Waals surface area (Å²) in [7, 11) is 0. The average Bonchev–Trinajstić information content (AvgIpc) is 3.14. The van der Waals surface area contributed by atoms with E-state index >= 15 is 0 Å². The molecular weight excluding hydrogens is 270 g/mol. The smallest absolute Gasteiger partial charge is 0.158 e. The minimum absolute atomic E-state index is 0.0356. The van der Waals surface area contributed by atoms with Crippen LogP contribution in [0.3, 0.4) is 0 Å². The van der Waals surface area contributed by atoms with E-state index in [4.69, 9.17) is 5.11 Å². The molecule has 0 radical (unpaired) electrons. The van der Waals surface area contributed by atoms with Crippen molar-refractivity contribution >= 4 is 11.7 Å². The average molecular weight is 293 g/mol. The number of aliphatic hydroxyl groups excluding tert-OH is 2. The summed E-state index contributed by atoms with van der Waals surface area (Å²) in [5.41, 5.74) is 3.20. The van der Waals surface area contributed by atoms with Crippen LogP contribution in [0.15, 0.2) is 17.6 Å². The largest absolute Gasteiger partial charge is 0.397 e. The molecule has 0 saturated heterocycles. The van der Waals surface area contributed by atoms with Crippen molar-refractivity contribution in [1.29, 1.82) is 0 Å². The fraction of sp³-hybridized carbons (Fsp3) is 0.714. The number of fused-ring (bicyclic) bond motifs is 6. The molecule has 116 valence electrons. The first-order chi connectivity index (χ1) is 10.3. The lowest BCUT2D eigenvalue weighted by Crippen LogP contribution is -2.54. The topological polar surface area (TPSA) is 85.9 Å². The number of aromatic nitrogens is 2. The second-order valence-corrected chi connectivity index (χ2v) is 5.62. The standard InChI is InChI=1S/C12H17N5O.C2H6O/c18-6-10-14-15-12-8-3-1-2-4-9(8)16-7-13-5-11(16)17(10)12;1-2-3/h5,7-9,12,15,18H,1-4,6H2;3H,2H2,1H3. The van der Waals surface area contributed by atoms with E-state index in [1.54, 1.807) is 6.92 Å². The number of rotatable bonds is 1. The number of hydrazone groups is 1. The Morgan fingerprint density at radius 1 is 1.33 bits per heavy atom. The van der Waals surface area contributed by atoms with Crippen LogP contribution < -0.4 is 10.3 Å². The fourth-order valence-corrected chi connectivity index (χ4v) is 3.68. The minimum atomic E-state index is -0.0356. The SMILES string of the molecule is CCO.OCC1=NNC2C3CCCCC3n3cncc3N12. The predicted molar refractivity (Wildman–Crippen MR) is 79.9 cm³/mol. The van der Waals surface area contributed by atoms with Gasteiger partial charge in [0.2, 0.25) is 0 Å². The van der Waals surface area contributed by atoms with Crippen molar-refractivity contribution in [2.45, 2.75) is 44.8 Å². The number of amidine groups is 1. The van der Waals surface area contributed by atoms with Crippen molar-refractivity contribution in [2.75, 3.05) is 18.1 Å². The second-order valence-electron chi connectivity index (χ2n) is 5.62. The number of imidazole rings is 1. The molecule has 1 aromatic heterocycles. The lowest BCUT2D eigenvalue weighted by molar-refractivity contribution is 0.175. The maximum Gasteiger partial charge on any atom is 0.158 e. The molecule has 7 heteroatoms. The van der Waals surface area contributed by atoms with Crippen LogP contribution in [0.5, 0.6) is 0 Å². The van der Waals surface area contributed by atoms with E-state index in [1.165, 1.54) is 25.7 Å². The van der Waals surface area contributed by atoms with Gasteiger partial charge in [0, 0.05) is 18.6 Å². The zero-order valence-electron chi connectivity index (χ0n) is 12.3. The van der Waals surface area contributed by atoms with Gasteiger partial charge in [0.1, 0.15) is 18.6 Å². The Hall–Kier alpha value is -1.60. The maximum atomic E-state index is 9.42. The molecule has 4 rings (SSSR count). The van der Waals surface area contributed by atoms with E-state index in [-0.39, 0.29) is 19.4 Å². The van der Waals surface area contributed by atoms with Crippen LogP contribution in [-0.4, -0.2) is 45.0 Å². The molecule has 0 spiro atoms. The highest BCUT2D eigenvalue weighted by molar-refractivity contribution is 5.99. The van der Waals surface area contributed by atoms with Gasteiger partial charge in [-0.1, -0.05) is 12.8 Å². The number of nitrogens with one attached hydrogen (secondary N) is 1. The second kappa shape index (κ2) is 6.03. The zero-order valence-corrected chi connectivity index (χ0v) is 12.3. The lowest BCUT2D eigenvalue weighted by Gasteiger charge is -2.45. The molecule has 21 heavy (non-hydrogen) atoms. The van der Waals surface area contributed by atoms with Crippen LogP contribution in [0.2, 0.25) is 0 Å². The number of hydrogen-bond acceptors (Lipinski definition) is 6. The van der Waals surface area contributed by atoms with Crippen molar-refractivity contribution in [3.8, 4) is 0 Å². The third-order valence-electron chi connectivity index (χ3n) is 4.46. The summed E-state index contributed by atoms with van der Waals surface area (Å²) < 4.78 is 2.26. The van der Waals surface area contributed by atoms with Crippen molar-refractivity contribution < 1.29 is 10.2 Å². The number of aliphatic hydroxyl groups is 2. The van der Waals surface area contributed by atoms with Crippen molar-refractivity contribution in [2.24, 2.45) is 11.0 Å². The minimum Gasteiger partial charge on any atom is -0.397 e. The molecule has 1 aromatic rings. The van der Waals surface area contributed by atoms with Crippen LogP contribution in [0, 0.1) is 5.92 Å². The first-order valence-corrected chi connectivity index (χ1v) is 7.66. The van der Waals surface area contributed by atoms with Gasteiger partial charge in [-0.3, -0.25) is 10.3 Å². The highest BCUT2D eigenvalue weighted by Crippen LogP contribution is 2.44. The van der Waals surface area contributed by atoms with Gasteiger partial charge in [0.05, 0.1) is 12.5 Å². The zero-order chi connectivity index (χ0) is 14.8. The van der Waals surface area contributed by atoms with E-state index in [0.717, 1.165) is 5.82 Å². The van der Waals surface area contributed by atoms with Gasteiger partial charge in [-0.25, -0.2) is 4.98 Å². The van der Waals surface area contributed by atoms with E-state index in [1.807, 2.05) is 12.5 Å². The summed E-state index contributed by atoms with van der Waals surface area (Å²) in [6.45, 7) is 1.89. The van der Waals surface area contributed by atoms with Gasteiger partial charge in [-0.05, 0) is 19.8 Å². The van der Waals surface area contributed by atoms with E-state index < -0.39 is 0 Å². The molecule has 1 saturated carbocycles. The van der Waals surface area contributed by atoms with E-state index in [2.05, 4.69) is 25.0 Å². The van der Waals surface area contributed by atoms with Crippen LogP contribution >= 0.6 is 0 Å². The molecular formula is C14H23N5O2. The quantitative estimate of drug-likeness (QED) is 0.708. The summed E-state index contributed by atoms with van der Waals surface area (Å²) in [6.07, 6.45) is 8.99. The molecule has 0 aromatic carbocycles. The maximum absolute atomic E-state index is 9.42. The first-order valence-electron chi connectivity index (χ1n) is 7.66. The molecule has 3 atom stereocenters. The molecule has 3 heterocycles. The molecule has 2 aliphatic heterocycles. The van der Waals surface area contributed by atoms with Crippen molar-refractivity contribution in [3.05, 3.63) is 12.5 Å². The lowest BCUT2D eigenvalue weighted by atomic mass is 9.80. The highest BCUT2D eigenvalue weighted by atomic mass is 16.3. The molecule has 1 fully saturated rings. The number of hydrogen-bond donors (Lipinski definition) is 3. The Morgan fingerprint density at radius 3 is 2.86 bits per heavy atom. The third-order valence-corrected chi connectivity index (χ3v) is 4.46. The van der Waals surface area contributed by atoms with Gasteiger partial charge < -0.3 is 14.8 Å². The fourth-order valence-electron chi connectivity index (χ4n) is 3.68. The Kier molecular flexibility index (Phi) is 4.12. The summed E-state index contributed by atoms with van der Waals surface area (Å²) in [5.74, 6) is 2.31. The Bertz CT molecular complexity index is 515. The monoisotopic (exact) mass is 293 g/mol. The number of anilines is 1. The first kappa shape index (κ1) is 14.3. The van der Waals surface area contributed by atoms with Crippen LogP contribution in [0.1, 0.15) is 38.6 Å². The molecule has 0 bridgehead atoms. The Labute approximate surface area is 124 Å². The summed E-state index contributed by atoms with van der Waals surface area (Å²) in [5, 5.41) is 21.3. The Morgan fingerprint density at radius 2 is 2.10 bits per heavy atom. The van der Waals surface area contributed by atoms with Gasteiger partial charge in [0.25, 0.3) is 0 Å². The summed E-state index contributed by atoms with van der Waals surface area (Å²) in [6, 6.07) is 0.526. The van der Waals surface area contributed by atoms with Crippen LogP contribution in [0.25, 0.3) is 0 Å². The molecule has 3 aliphatic rings. The predicted octanol–water partition coefficient (Wildman–Crippen LogP) is 0.668. The van der Waals surface area contributed by atoms with Gasteiger partial charge in [-0.2, -0.15) is 5.10 Å². The third kappa shape index (κ3) is 2.30. The molecule has 0 amide bonds. The van der Waals surface area contributed by atoms with Gasteiger partial charge in [-0.15, -0.1) is 0 Å². The van der Waals surface area contributed by atoms with Crippen LogP contribution in [0.4, 0.5) is 5.82 Å². The van der Waals surface area contributed by atoms with Gasteiger partial charge in [0.15, 0.2) is 5.84 Å². The molecule has 7 nitrogen and oxygen atoms in total. The van der Waals surface area contributed by atoms with E-state index in [9.17, 15) is 5.11 Å². The number of nitrogens with zero attached hydrogens (tertiary/aromatic N) is 4. The van der Waals surface area contributed by atoms with Crippen LogP contribution in [-0.2, 0) is 0 Å². The molecule has 3 unspecified atom stereocenters. The summed E-state index contributed by atoms with van der Waals surface area (Å²) in [4.78, 5) is 6.39. The van der Waals surface area contributed by atoms with Crippen molar-refractivity contribution in [3.63, 3.8) is 0 Å².